The van der Waals surface area contributed by atoms with E-state index in [1.54, 1.807) is 12.1 Å². The number of aryl methyl sites for hydroxylation is 1. The standard InChI is InChI=1S/C30H37F5O2/c1-2-21-5-11-24(12-6-21)25-13-7-22(8-14-25)3-4-23-9-15-26(16-10-23)29(31,32)36-27-17-19-28(20-18-27)37-30(33,34)35/h9-10,15-22,24-25H,2-8,11-14H2,1H3/t21-,22?,24-,25?. The Morgan fingerprint density at radius 1 is 0.649 bits per heavy atom. The summed E-state index contributed by atoms with van der Waals surface area (Å²) in [5.41, 5.74) is 0.721. The molecule has 2 aromatic carbocycles. The summed E-state index contributed by atoms with van der Waals surface area (Å²) in [5.74, 6) is 2.71. The van der Waals surface area contributed by atoms with Gasteiger partial charge < -0.3 is 9.47 Å². The second-order valence-corrected chi connectivity index (χ2v) is 10.8. The van der Waals surface area contributed by atoms with Crippen molar-refractivity contribution in [1.29, 1.82) is 0 Å². The maximum atomic E-state index is 14.6. The zero-order chi connectivity index (χ0) is 26.5. The Morgan fingerprint density at radius 2 is 1.14 bits per heavy atom. The Hall–Kier alpha value is -2.31. The van der Waals surface area contributed by atoms with E-state index in [0.717, 1.165) is 60.4 Å². The number of hydrogen-bond acceptors (Lipinski definition) is 2. The molecule has 7 heteroatoms. The average Bonchev–Trinajstić information content (AvgIpc) is 2.88. The minimum atomic E-state index is -4.85. The monoisotopic (exact) mass is 524 g/mol. The molecule has 0 bridgehead atoms. The van der Waals surface area contributed by atoms with Crippen LogP contribution in [-0.2, 0) is 12.5 Å². The zero-order valence-corrected chi connectivity index (χ0v) is 21.4. The van der Waals surface area contributed by atoms with E-state index in [2.05, 4.69) is 11.7 Å². The van der Waals surface area contributed by atoms with Crippen molar-refractivity contribution in [3.63, 3.8) is 0 Å². The molecule has 2 saturated carbocycles. The van der Waals surface area contributed by atoms with Crippen molar-refractivity contribution in [2.24, 2.45) is 23.7 Å². The van der Waals surface area contributed by atoms with E-state index in [1.165, 1.54) is 69.9 Å². The SMILES string of the molecule is CC[C@H]1CC[C@H](C2CCC(CCc3ccc(C(F)(F)Oc4ccc(OC(F)(F)F)cc4)cc3)CC2)CC1. The molecule has 0 heterocycles. The van der Waals surface area contributed by atoms with Crippen LogP contribution in [0.25, 0.3) is 0 Å². The van der Waals surface area contributed by atoms with Crippen molar-refractivity contribution in [2.45, 2.75) is 90.0 Å². The summed E-state index contributed by atoms with van der Waals surface area (Å²) in [7, 11) is 0. The van der Waals surface area contributed by atoms with Gasteiger partial charge in [-0.2, -0.15) is 8.78 Å². The van der Waals surface area contributed by atoms with Gasteiger partial charge in [0.25, 0.3) is 0 Å². The highest BCUT2D eigenvalue weighted by Gasteiger charge is 2.35. The molecule has 0 saturated heterocycles. The third-order valence-corrected chi connectivity index (χ3v) is 8.46. The summed E-state index contributed by atoms with van der Waals surface area (Å²) in [6.45, 7) is 2.31. The van der Waals surface area contributed by atoms with Gasteiger partial charge in [-0.05, 0) is 104 Å². The number of ether oxygens (including phenoxy) is 2. The summed E-state index contributed by atoms with van der Waals surface area (Å²) in [5, 5.41) is 0. The van der Waals surface area contributed by atoms with E-state index in [-0.39, 0.29) is 11.3 Å². The zero-order valence-electron chi connectivity index (χ0n) is 21.4. The molecule has 37 heavy (non-hydrogen) atoms. The van der Waals surface area contributed by atoms with Gasteiger partial charge >= 0.3 is 12.5 Å². The minimum Gasteiger partial charge on any atom is -0.429 e. The lowest BCUT2D eigenvalue weighted by atomic mass is 9.68. The van der Waals surface area contributed by atoms with Crippen molar-refractivity contribution in [3.05, 3.63) is 59.7 Å². The molecule has 0 spiro atoms. The molecular formula is C30H37F5O2. The van der Waals surface area contributed by atoms with E-state index in [0.29, 0.717) is 5.92 Å². The Morgan fingerprint density at radius 3 is 1.62 bits per heavy atom. The second kappa shape index (κ2) is 12.0. The van der Waals surface area contributed by atoms with Gasteiger partial charge in [0, 0.05) is 0 Å². The highest BCUT2D eigenvalue weighted by Crippen LogP contribution is 2.43. The van der Waals surface area contributed by atoms with Crippen molar-refractivity contribution < 1.29 is 31.4 Å². The van der Waals surface area contributed by atoms with Crippen LogP contribution in [0.1, 0.15) is 82.3 Å². The van der Waals surface area contributed by atoms with E-state index < -0.39 is 18.2 Å². The molecule has 0 aliphatic heterocycles. The highest BCUT2D eigenvalue weighted by molar-refractivity contribution is 5.33. The third kappa shape index (κ3) is 8.08. The number of halogens is 5. The summed E-state index contributed by atoms with van der Waals surface area (Å²) in [6, 6.07) is 10.1. The van der Waals surface area contributed by atoms with Gasteiger partial charge in [0.05, 0.1) is 5.56 Å². The van der Waals surface area contributed by atoms with E-state index in [1.807, 2.05) is 0 Å². The van der Waals surface area contributed by atoms with Crippen LogP contribution >= 0.6 is 0 Å². The first-order chi connectivity index (χ1) is 17.6. The Bertz CT molecular complexity index is 955. The molecule has 2 aliphatic carbocycles. The summed E-state index contributed by atoms with van der Waals surface area (Å²) in [6.07, 6.45) is 5.65. The molecule has 0 amide bonds. The quantitative estimate of drug-likeness (QED) is 0.304. The van der Waals surface area contributed by atoms with E-state index >= 15 is 0 Å². The van der Waals surface area contributed by atoms with Crippen molar-refractivity contribution in [3.8, 4) is 11.5 Å². The van der Waals surface area contributed by atoms with Gasteiger partial charge in [-0.15, -0.1) is 13.2 Å². The van der Waals surface area contributed by atoms with Crippen molar-refractivity contribution >= 4 is 0 Å². The topological polar surface area (TPSA) is 18.5 Å². The number of benzene rings is 2. The fourth-order valence-corrected chi connectivity index (χ4v) is 6.17. The highest BCUT2D eigenvalue weighted by atomic mass is 19.4. The van der Waals surface area contributed by atoms with Gasteiger partial charge in [0.1, 0.15) is 11.5 Å². The van der Waals surface area contributed by atoms with Crippen LogP contribution in [-0.4, -0.2) is 6.36 Å². The molecule has 2 aromatic rings. The maximum Gasteiger partial charge on any atom is 0.573 e. The smallest absolute Gasteiger partial charge is 0.429 e. The van der Waals surface area contributed by atoms with E-state index in [4.69, 9.17) is 4.74 Å². The lowest BCUT2D eigenvalue weighted by Crippen LogP contribution is -2.25. The van der Waals surface area contributed by atoms with Gasteiger partial charge in [-0.3, -0.25) is 0 Å². The van der Waals surface area contributed by atoms with Crippen LogP contribution in [0, 0.1) is 23.7 Å². The molecule has 0 N–H and O–H groups in total. The maximum absolute atomic E-state index is 14.6. The summed E-state index contributed by atoms with van der Waals surface area (Å²) >= 11 is 0. The summed E-state index contributed by atoms with van der Waals surface area (Å²) in [4.78, 5) is 0. The number of hydrogen-bond donors (Lipinski definition) is 0. The lowest BCUT2D eigenvalue weighted by molar-refractivity contribution is -0.274. The predicted octanol–water partition coefficient (Wildman–Crippen LogP) is 9.67. The van der Waals surface area contributed by atoms with Crippen LogP contribution < -0.4 is 9.47 Å². The first-order valence-corrected chi connectivity index (χ1v) is 13.6. The van der Waals surface area contributed by atoms with Crippen molar-refractivity contribution in [1.82, 2.24) is 0 Å². The van der Waals surface area contributed by atoms with E-state index in [9.17, 15) is 22.0 Å². The fraction of sp³-hybridized carbons (Fsp3) is 0.600. The largest absolute Gasteiger partial charge is 0.573 e. The molecule has 0 atom stereocenters. The van der Waals surface area contributed by atoms with Gasteiger partial charge in [0.15, 0.2) is 0 Å². The molecule has 0 radical (unpaired) electrons. The van der Waals surface area contributed by atoms with Gasteiger partial charge in [-0.1, -0.05) is 51.2 Å². The first-order valence-electron chi connectivity index (χ1n) is 13.6. The molecule has 0 aromatic heterocycles. The molecule has 4 rings (SSSR count). The molecule has 2 aliphatic rings. The second-order valence-electron chi connectivity index (χ2n) is 10.8. The van der Waals surface area contributed by atoms with Crippen LogP contribution in [0.15, 0.2) is 48.5 Å². The van der Waals surface area contributed by atoms with Crippen LogP contribution in [0.3, 0.4) is 0 Å². The average molecular weight is 525 g/mol. The number of rotatable bonds is 9. The molecular weight excluding hydrogens is 487 g/mol. The Kier molecular flexibility index (Phi) is 9.02. The summed E-state index contributed by atoms with van der Waals surface area (Å²) < 4.78 is 74.5. The van der Waals surface area contributed by atoms with Gasteiger partial charge in [0.2, 0.25) is 0 Å². The lowest BCUT2D eigenvalue weighted by Gasteiger charge is -2.37. The fourth-order valence-electron chi connectivity index (χ4n) is 6.17. The minimum absolute atomic E-state index is 0.252. The Labute approximate surface area is 216 Å². The molecule has 204 valence electrons. The molecule has 0 unspecified atom stereocenters. The first kappa shape index (κ1) is 27.7. The van der Waals surface area contributed by atoms with Crippen LogP contribution in [0.2, 0.25) is 0 Å². The van der Waals surface area contributed by atoms with Crippen molar-refractivity contribution in [2.75, 3.05) is 0 Å². The molecule has 2 fully saturated rings. The predicted molar refractivity (Wildman–Crippen MR) is 134 cm³/mol. The Balaban J connectivity index is 1.22. The third-order valence-electron chi connectivity index (χ3n) is 8.46. The normalized spacial score (nSPS) is 25.0. The van der Waals surface area contributed by atoms with Crippen LogP contribution in [0.4, 0.5) is 22.0 Å². The number of alkyl halides is 5. The van der Waals surface area contributed by atoms with Gasteiger partial charge in [-0.25, -0.2) is 0 Å². The molecule has 2 nitrogen and oxygen atoms in total. The van der Waals surface area contributed by atoms with Crippen LogP contribution in [0.5, 0.6) is 11.5 Å².